The number of aliphatic hydroxyl groups is 1. The Bertz CT molecular complexity index is 475. The highest BCUT2D eigenvalue weighted by Crippen LogP contribution is 2.25. The minimum absolute atomic E-state index is 0.192. The SMILES string of the molecule is OC(COP)C(Oc1ccccc1)c1ccccc1. The van der Waals surface area contributed by atoms with Gasteiger partial charge in [-0.15, -0.1) is 0 Å². The molecule has 2 aromatic rings. The monoisotopic (exact) mass is 276 g/mol. The van der Waals surface area contributed by atoms with Crippen LogP contribution in [0.15, 0.2) is 60.7 Å². The number of ether oxygens (including phenoxy) is 1. The van der Waals surface area contributed by atoms with Crippen molar-refractivity contribution in [3.63, 3.8) is 0 Å². The van der Waals surface area contributed by atoms with Crippen LogP contribution in [0.5, 0.6) is 5.75 Å². The van der Waals surface area contributed by atoms with Crippen molar-refractivity contribution >= 4 is 9.47 Å². The lowest BCUT2D eigenvalue weighted by molar-refractivity contribution is 0.00908. The molecule has 2 aromatic carbocycles. The third kappa shape index (κ3) is 4.03. The Morgan fingerprint density at radius 1 is 0.947 bits per heavy atom. The van der Waals surface area contributed by atoms with Crippen LogP contribution < -0.4 is 4.74 Å². The Hall–Kier alpha value is -1.41. The molecule has 0 aliphatic rings. The molecule has 0 saturated heterocycles. The normalized spacial score (nSPS) is 13.8. The summed E-state index contributed by atoms with van der Waals surface area (Å²) in [5.74, 6) is 0.721. The number of para-hydroxylation sites is 1. The van der Waals surface area contributed by atoms with Crippen molar-refractivity contribution in [2.45, 2.75) is 12.2 Å². The van der Waals surface area contributed by atoms with Crippen molar-refractivity contribution in [3.05, 3.63) is 66.2 Å². The second kappa shape index (κ2) is 7.25. The molecule has 0 spiro atoms. The van der Waals surface area contributed by atoms with Crippen molar-refractivity contribution in [3.8, 4) is 5.75 Å². The lowest BCUT2D eigenvalue weighted by Crippen LogP contribution is -2.27. The average molecular weight is 276 g/mol. The van der Waals surface area contributed by atoms with Gasteiger partial charge in [0.1, 0.15) is 11.9 Å². The van der Waals surface area contributed by atoms with Gasteiger partial charge < -0.3 is 14.4 Å². The minimum Gasteiger partial charge on any atom is -0.483 e. The largest absolute Gasteiger partial charge is 0.483 e. The van der Waals surface area contributed by atoms with Gasteiger partial charge >= 0.3 is 0 Å². The van der Waals surface area contributed by atoms with E-state index in [2.05, 4.69) is 9.47 Å². The zero-order valence-electron chi connectivity index (χ0n) is 10.5. The average Bonchev–Trinajstić information content (AvgIpc) is 2.47. The summed E-state index contributed by atoms with van der Waals surface area (Å²) in [5.41, 5.74) is 0.918. The zero-order valence-corrected chi connectivity index (χ0v) is 11.6. The Morgan fingerprint density at radius 2 is 1.53 bits per heavy atom. The van der Waals surface area contributed by atoms with Crippen molar-refractivity contribution < 1.29 is 14.4 Å². The van der Waals surface area contributed by atoms with Crippen LogP contribution in [0, 0.1) is 0 Å². The Kier molecular flexibility index (Phi) is 5.34. The number of rotatable bonds is 6. The van der Waals surface area contributed by atoms with Gasteiger partial charge in [0.25, 0.3) is 0 Å². The highest BCUT2D eigenvalue weighted by atomic mass is 31.0. The predicted octanol–water partition coefficient (Wildman–Crippen LogP) is 2.97. The van der Waals surface area contributed by atoms with E-state index in [4.69, 9.17) is 9.26 Å². The summed E-state index contributed by atoms with van der Waals surface area (Å²) in [6, 6.07) is 19.1. The van der Waals surface area contributed by atoms with Gasteiger partial charge in [-0.3, -0.25) is 0 Å². The molecule has 0 saturated carbocycles. The van der Waals surface area contributed by atoms with Crippen LogP contribution in [-0.2, 0) is 4.52 Å². The van der Waals surface area contributed by atoms with Gasteiger partial charge in [0.15, 0.2) is 6.10 Å². The van der Waals surface area contributed by atoms with E-state index >= 15 is 0 Å². The summed E-state index contributed by atoms with van der Waals surface area (Å²) in [6.45, 7) is 0.192. The van der Waals surface area contributed by atoms with Crippen LogP contribution in [0.4, 0.5) is 0 Å². The number of hydrogen-bond donors (Lipinski definition) is 1. The summed E-state index contributed by atoms with van der Waals surface area (Å²) < 4.78 is 10.8. The first kappa shape index (κ1) is 14.0. The second-order valence-electron chi connectivity index (χ2n) is 4.16. The maximum absolute atomic E-state index is 10.2. The molecule has 2 rings (SSSR count). The van der Waals surface area contributed by atoms with Gasteiger partial charge in [-0.25, -0.2) is 0 Å². The molecule has 3 nitrogen and oxygen atoms in total. The maximum atomic E-state index is 10.2. The maximum Gasteiger partial charge on any atom is 0.152 e. The van der Waals surface area contributed by atoms with Crippen LogP contribution in [0.3, 0.4) is 0 Å². The topological polar surface area (TPSA) is 38.7 Å². The van der Waals surface area contributed by atoms with Gasteiger partial charge in [-0.1, -0.05) is 48.5 Å². The summed E-state index contributed by atoms with van der Waals surface area (Å²) in [7, 11) is 2.14. The van der Waals surface area contributed by atoms with E-state index in [9.17, 15) is 5.11 Å². The molecule has 0 aromatic heterocycles. The number of aliphatic hydroxyl groups excluding tert-OH is 1. The van der Waals surface area contributed by atoms with E-state index in [-0.39, 0.29) is 6.61 Å². The lowest BCUT2D eigenvalue weighted by atomic mass is 10.0. The molecule has 0 radical (unpaired) electrons. The van der Waals surface area contributed by atoms with Crippen LogP contribution in [-0.4, -0.2) is 17.8 Å². The Labute approximate surface area is 115 Å². The molecule has 0 fully saturated rings. The summed E-state index contributed by atoms with van der Waals surface area (Å²) in [5, 5.41) is 10.2. The molecule has 0 bridgehead atoms. The Morgan fingerprint density at radius 3 is 2.11 bits per heavy atom. The fraction of sp³-hybridized carbons (Fsp3) is 0.200. The number of benzene rings is 2. The molecular weight excluding hydrogens is 259 g/mol. The fourth-order valence-corrected chi connectivity index (χ4v) is 2.04. The van der Waals surface area contributed by atoms with Crippen molar-refractivity contribution in [2.24, 2.45) is 0 Å². The molecule has 19 heavy (non-hydrogen) atoms. The first-order valence-electron chi connectivity index (χ1n) is 6.07. The van der Waals surface area contributed by atoms with Gasteiger partial charge in [0, 0.05) is 9.47 Å². The third-order valence-electron chi connectivity index (χ3n) is 2.75. The van der Waals surface area contributed by atoms with Crippen molar-refractivity contribution in [2.75, 3.05) is 6.61 Å². The fourth-order valence-electron chi connectivity index (χ4n) is 1.84. The minimum atomic E-state index is -0.736. The van der Waals surface area contributed by atoms with E-state index in [1.54, 1.807) is 0 Å². The van der Waals surface area contributed by atoms with E-state index in [1.165, 1.54) is 0 Å². The molecular formula is C15H17O3P. The molecule has 0 amide bonds. The van der Waals surface area contributed by atoms with E-state index in [1.807, 2.05) is 60.7 Å². The van der Waals surface area contributed by atoms with E-state index in [0.717, 1.165) is 11.3 Å². The molecule has 0 aliphatic carbocycles. The molecule has 0 aliphatic heterocycles. The smallest absolute Gasteiger partial charge is 0.152 e. The number of hydrogen-bond acceptors (Lipinski definition) is 3. The van der Waals surface area contributed by atoms with Crippen molar-refractivity contribution in [1.82, 2.24) is 0 Å². The van der Waals surface area contributed by atoms with Gasteiger partial charge in [0.05, 0.1) is 6.61 Å². The predicted molar refractivity (Wildman–Crippen MR) is 77.9 cm³/mol. The quantitative estimate of drug-likeness (QED) is 0.824. The summed E-state index contributed by atoms with van der Waals surface area (Å²) in [6.07, 6.45) is -1.19. The standard InChI is InChI=1S/C15H17O3P/c16-14(11-17-19)15(12-7-3-1-4-8-12)18-13-9-5-2-6-10-13/h1-10,14-16H,11,19H2. The van der Waals surface area contributed by atoms with E-state index in [0.29, 0.717) is 0 Å². The molecule has 4 heteroatoms. The van der Waals surface area contributed by atoms with Gasteiger partial charge in [-0.2, -0.15) is 0 Å². The lowest BCUT2D eigenvalue weighted by Gasteiger charge is -2.24. The third-order valence-corrected chi connectivity index (χ3v) is 2.94. The van der Waals surface area contributed by atoms with Crippen LogP contribution in [0.2, 0.25) is 0 Å². The van der Waals surface area contributed by atoms with Crippen LogP contribution >= 0.6 is 9.47 Å². The summed E-state index contributed by atoms with van der Waals surface area (Å²) in [4.78, 5) is 0. The van der Waals surface area contributed by atoms with Gasteiger partial charge in [-0.05, 0) is 17.7 Å². The van der Waals surface area contributed by atoms with Gasteiger partial charge in [0.2, 0.25) is 0 Å². The summed E-state index contributed by atoms with van der Waals surface area (Å²) >= 11 is 0. The van der Waals surface area contributed by atoms with E-state index < -0.39 is 12.2 Å². The molecule has 0 heterocycles. The van der Waals surface area contributed by atoms with Crippen LogP contribution in [0.25, 0.3) is 0 Å². The first-order chi connectivity index (χ1) is 9.31. The molecule has 1 N–H and O–H groups in total. The van der Waals surface area contributed by atoms with Crippen molar-refractivity contribution in [1.29, 1.82) is 0 Å². The highest BCUT2D eigenvalue weighted by molar-refractivity contribution is 7.09. The Balaban J connectivity index is 2.20. The first-order valence-corrected chi connectivity index (χ1v) is 6.55. The molecule has 100 valence electrons. The van der Waals surface area contributed by atoms with Crippen LogP contribution in [0.1, 0.15) is 11.7 Å². The second-order valence-corrected chi connectivity index (χ2v) is 4.50. The zero-order chi connectivity index (χ0) is 13.5. The highest BCUT2D eigenvalue weighted by Gasteiger charge is 2.23. The molecule has 3 atom stereocenters. The molecule has 3 unspecified atom stereocenters.